The number of ether oxygens (including phenoxy) is 4. The minimum atomic E-state index is -0.719. The Hall–Kier alpha value is -6.05. The summed E-state index contributed by atoms with van der Waals surface area (Å²) in [6.45, 7) is 0. The fourth-order valence-electron chi connectivity index (χ4n) is 6.68. The van der Waals surface area contributed by atoms with Gasteiger partial charge in [0.25, 0.3) is 11.8 Å². The second-order valence-electron chi connectivity index (χ2n) is 13.3. The molecule has 58 heavy (non-hydrogen) atoms. The number of aryl methyl sites for hydroxylation is 1. The van der Waals surface area contributed by atoms with E-state index in [1.165, 1.54) is 57.6 Å². The predicted molar refractivity (Wildman–Crippen MR) is 228 cm³/mol. The van der Waals surface area contributed by atoms with Gasteiger partial charge in [-0.2, -0.15) is 0 Å². The van der Waals surface area contributed by atoms with Crippen LogP contribution in [0, 0.1) is 0 Å². The van der Waals surface area contributed by atoms with E-state index in [0.717, 1.165) is 54.5 Å². The molecule has 6 rings (SSSR count). The molecule has 11 nitrogen and oxygen atoms in total. The van der Waals surface area contributed by atoms with Crippen molar-refractivity contribution >= 4 is 63.6 Å². The minimum absolute atomic E-state index is 0.0471. The highest BCUT2D eigenvalue weighted by molar-refractivity contribution is 8.00. The molecule has 0 radical (unpaired) electrons. The van der Waals surface area contributed by atoms with Gasteiger partial charge in [0, 0.05) is 21.0 Å². The Labute approximate surface area is 346 Å². The molecule has 13 heteroatoms. The molecule has 1 aliphatic carbocycles. The summed E-state index contributed by atoms with van der Waals surface area (Å²) >= 11 is 2.75. The number of hydrogen-bond acceptors (Lipinski definition) is 10. The summed E-state index contributed by atoms with van der Waals surface area (Å²) in [6.07, 6.45) is 7.35. The molecule has 0 saturated carbocycles. The van der Waals surface area contributed by atoms with Crippen LogP contribution in [0.4, 0.5) is 10.7 Å². The monoisotopic (exact) mass is 819 g/mol. The Kier molecular flexibility index (Phi) is 14.3. The fourth-order valence-corrected chi connectivity index (χ4v) is 9.04. The van der Waals surface area contributed by atoms with Crippen molar-refractivity contribution in [3.63, 3.8) is 0 Å². The van der Waals surface area contributed by atoms with E-state index in [-0.39, 0.29) is 11.6 Å². The molecule has 1 heterocycles. The van der Waals surface area contributed by atoms with Crippen LogP contribution >= 0.6 is 23.1 Å². The van der Waals surface area contributed by atoms with Crippen LogP contribution in [0.15, 0.2) is 108 Å². The highest BCUT2D eigenvalue weighted by Crippen LogP contribution is 2.42. The second-order valence-corrected chi connectivity index (χ2v) is 15.6. The quantitative estimate of drug-likeness (QED) is 0.0569. The van der Waals surface area contributed by atoms with Crippen molar-refractivity contribution in [2.24, 2.45) is 0 Å². The summed E-state index contributed by atoms with van der Waals surface area (Å²) in [4.78, 5) is 56.6. The number of anilines is 2. The molecule has 0 saturated heterocycles. The molecule has 0 spiro atoms. The fraction of sp³-hybridized carbons (Fsp3) is 0.244. The molecule has 4 aromatic carbocycles. The lowest BCUT2D eigenvalue weighted by Crippen LogP contribution is -2.30. The molecule has 0 fully saturated rings. The number of nitrogens with one attached hydrogen (secondary N) is 3. The summed E-state index contributed by atoms with van der Waals surface area (Å²) in [7, 11) is 5.83. The van der Waals surface area contributed by atoms with Gasteiger partial charge in [-0.25, -0.2) is 4.79 Å². The number of esters is 1. The first kappa shape index (κ1) is 41.6. The average molecular weight is 820 g/mol. The van der Waals surface area contributed by atoms with Crippen LogP contribution in [-0.2, 0) is 27.2 Å². The maximum Gasteiger partial charge on any atom is 0.341 e. The van der Waals surface area contributed by atoms with Gasteiger partial charge in [-0.15, -0.1) is 23.1 Å². The van der Waals surface area contributed by atoms with Crippen LogP contribution in [0.5, 0.6) is 17.2 Å². The van der Waals surface area contributed by atoms with Gasteiger partial charge in [0.05, 0.1) is 34.0 Å². The van der Waals surface area contributed by atoms with Crippen molar-refractivity contribution in [1.82, 2.24) is 5.32 Å². The van der Waals surface area contributed by atoms with E-state index >= 15 is 0 Å². The lowest BCUT2D eigenvalue weighted by molar-refractivity contribution is -0.116. The van der Waals surface area contributed by atoms with Crippen LogP contribution in [0.25, 0.3) is 6.08 Å². The largest absolute Gasteiger partial charge is 0.493 e. The number of thioether (sulfide) groups is 1. The van der Waals surface area contributed by atoms with E-state index in [1.54, 1.807) is 60.7 Å². The van der Waals surface area contributed by atoms with Crippen LogP contribution < -0.4 is 30.2 Å². The smallest absolute Gasteiger partial charge is 0.341 e. The third-order valence-corrected chi connectivity index (χ3v) is 12.0. The zero-order valence-corrected chi connectivity index (χ0v) is 34.4. The summed E-state index contributed by atoms with van der Waals surface area (Å²) < 4.78 is 21.7. The number of carbonyl (C=O) groups is 4. The maximum atomic E-state index is 14.3. The van der Waals surface area contributed by atoms with Gasteiger partial charge >= 0.3 is 5.97 Å². The number of rotatable bonds is 14. The van der Waals surface area contributed by atoms with Crippen LogP contribution in [0.1, 0.15) is 73.2 Å². The van der Waals surface area contributed by atoms with Gasteiger partial charge in [0.15, 0.2) is 11.5 Å². The molecule has 5 aromatic rings. The van der Waals surface area contributed by atoms with Crippen molar-refractivity contribution in [1.29, 1.82) is 0 Å². The third-order valence-electron chi connectivity index (χ3n) is 9.51. The Morgan fingerprint density at radius 2 is 1.41 bits per heavy atom. The zero-order valence-electron chi connectivity index (χ0n) is 32.7. The summed E-state index contributed by atoms with van der Waals surface area (Å²) in [5.74, 6) is -0.721. The number of benzene rings is 4. The molecule has 300 valence electrons. The number of fused-ring (bicyclic) bond motifs is 1. The normalized spacial score (nSPS) is 13.1. The Morgan fingerprint density at radius 1 is 0.741 bits per heavy atom. The van der Waals surface area contributed by atoms with Crippen molar-refractivity contribution in [3.05, 3.63) is 135 Å². The van der Waals surface area contributed by atoms with E-state index < -0.39 is 23.0 Å². The first-order chi connectivity index (χ1) is 28.2. The van der Waals surface area contributed by atoms with Crippen molar-refractivity contribution in [2.45, 2.75) is 48.7 Å². The highest BCUT2D eigenvalue weighted by Gasteiger charge is 2.29. The SMILES string of the molecule is COC(=O)c1c(NC(=O)C(Sc2cccc(NC(=O)/C(=C\c3cc(OC)c(OC)c(OC)c3)NC(=O)c3ccccc3)c2)c2ccccc2)sc2c1CCCCCC2. The highest BCUT2D eigenvalue weighted by atomic mass is 32.2. The van der Waals surface area contributed by atoms with E-state index in [1.807, 2.05) is 36.4 Å². The van der Waals surface area contributed by atoms with Gasteiger partial charge in [-0.1, -0.05) is 67.4 Å². The van der Waals surface area contributed by atoms with E-state index in [9.17, 15) is 19.2 Å². The van der Waals surface area contributed by atoms with Crippen molar-refractivity contribution in [3.8, 4) is 17.2 Å². The maximum absolute atomic E-state index is 14.3. The number of methoxy groups -OCH3 is 4. The van der Waals surface area contributed by atoms with Crippen LogP contribution in [0.3, 0.4) is 0 Å². The lowest BCUT2D eigenvalue weighted by atomic mass is 9.96. The van der Waals surface area contributed by atoms with Gasteiger partial charge in [0.2, 0.25) is 11.7 Å². The van der Waals surface area contributed by atoms with Crippen LogP contribution in [-0.4, -0.2) is 52.1 Å². The van der Waals surface area contributed by atoms with Crippen molar-refractivity contribution < 1.29 is 38.1 Å². The summed E-state index contributed by atoms with van der Waals surface area (Å²) in [5, 5.41) is 8.55. The molecule has 0 bridgehead atoms. The average Bonchev–Trinajstić information content (AvgIpc) is 3.57. The third kappa shape index (κ3) is 10.1. The molecule has 1 aromatic heterocycles. The van der Waals surface area contributed by atoms with Gasteiger partial charge in [-0.05, 0) is 90.9 Å². The first-order valence-corrected chi connectivity index (χ1v) is 20.5. The Morgan fingerprint density at radius 3 is 2.07 bits per heavy atom. The number of hydrogen-bond donors (Lipinski definition) is 3. The molecule has 3 amide bonds. The first-order valence-electron chi connectivity index (χ1n) is 18.8. The zero-order chi connectivity index (χ0) is 41.0. The summed E-state index contributed by atoms with van der Waals surface area (Å²) in [5.41, 5.74) is 3.41. The van der Waals surface area contributed by atoms with Crippen molar-refractivity contribution in [2.75, 3.05) is 39.1 Å². The van der Waals surface area contributed by atoms with E-state index in [4.69, 9.17) is 18.9 Å². The molecular weight excluding hydrogens is 775 g/mol. The van der Waals surface area contributed by atoms with Gasteiger partial charge < -0.3 is 34.9 Å². The Balaban J connectivity index is 1.28. The summed E-state index contributed by atoms with van der Waals surface area (Å²) in [6, 6.07) is 28.4. The minimum Gasteiger partial charge on any atom is -0.493 e. The number of carbonyl (C=O) groups excluding carboxylic acids is 4. The molecular formula is C45H45N3O8S2. The number of thiophene rings is 1. The molecule has 0 aliphatic heterocycles. The second kappa shape index (κ2) is 19.9. The van der Waals surface area contributed by atoms with Crippen LogP contribution in [0.2, 0.25) is 0 Å². The number of amides is 3. The van der Waals surface area contributed by atoms with E-state index in [0.29, 0.717) is 49.5 Å². The van der Waals surface area contributed by atoms with Gasteiger partial charge in [-0.3, -0.25) is 14.4 Å². The lowest BCUT2D eigenvalue weighted by Gasteiger charge is -2.18. The predicted octanol–water partition coefficient (Wildman–Crippen LogP) is 9.10. The Bertz CT molecular complexity index is 2270. The molecule has 1 aliphatic rings. The van der Waals surface area contributed by atoms with Gasteiger partial charge in [0.1, 0.15) is 15.9 Å². The van der Waals surface area contributed by atoms with E-state index in [2.05, 4.69) is 16.0 Å². The molecule has 1 unspecified atom stereocenters. The molecule has 1 atom stereocenters. The molecule has 3 N–H and O–H groups in total. The standard InChI is InChI=1S/C45H45N3O8S2/c1-53-35-25-28(26-36(54-2)39(35)55-3)24-34(47-41(49)30-18-11-8-12-19-30)42(50)46-31-20-15-21-32(27-31)57-40(29-16-9-7-10-17-29)43(51)48-44-38(45(52)56-4)33-22-13-5-6-14-23-37(33)58-44/h7-12,15-21,24-27,40H,5-6,13-14,22-23H2,1-4H3,(H,46,50)(H,47,49)(H,48,51)/b34-24+. The topological polar surface area (TPSA) is 141 Å².